The number of nitrogens with zero attached hydrogens (tertiary/aromatic N) is 3. The number of aryl methyl sites for hydroxylation is 1. The van der Waals surface area contributed by atoms with Gasteiger partial charge in [-0.3, -0.25) is 9.20 Å². The first kappa shape index (κ1) is 22.4. The first-order valence-electron chi connectivity index (χ1n) is 11.1. The van der Waals surface area contributed by atoms with Crippen LogP contribution in [0.2, 0.25) is 5.02 Å². The summed E-state index contributed by atoms with van der Waals surface area (Å²) in [5, 5.41) is -0.320. The van der Waals surface area contributed by atoms with Crippen molar-refractivity contribution < 1.29 is 18.3 Å². The molecular formula is C24H24ClF2N3O3. The molecule has 0 N–H and O–H groups in total. The van der Waals surface area contributed by atoms with Gasteiger partial charge in [-0.05, 0) is 45.2 Å². The zero-order valence-electron chi connectivity index (χ0n) is 18.4. The van der Waals surface area contributed by atoms with Gasteiger partial charge in [0.15, 0.2) is 5.65 Å². The summed E-state index contributed by atoms with van der Waals surface area (Å²) in [7, 11) is 0. The summed E-state index contributed by atoms with van der Waals surface area (Å²) in [5.41, 5.74) is 1.59. The average Bonchev–Trinajstić information content (AvgIpc) is 3.35. The van der Waals surface area contributed by atoms with E-state index in [1.54, 1.807) is 20.0 Å². The van der Waals surface area contributed by atoms with Gasteiger partial charge in [-0.15, -0.1) is 0 Å². The van der Waals surface area contributed by atoms with E-state index in [4.69, 9.17) is 26.1 Å². The molecule has 2 fully saturated rings. The summed E-state index contributed by atoms with van der Waals surface area (Å²) in [6.07, 6.45) is 4.10. The van der Waals surface area contributed by atoms with Gasteiger partial charge in [0.25, 0.3) is 5.56 Å². The lowest BCUT2D eigenvalue weighted by atomic mass is 9.86. The summed E-state index contributed by atoms with van der Waals surface area (Å²) < 4.78 is 42.2. The smallest absolute Gasteiger partial charge is 0.261 e. The Kier molecular flexibility index (Phi) is 5.93. The van der Waals surface area contributed by atoms with Gasteiger partial charge in [0.05, 0.1) is 23.4 Å². The highest BCUT2D eigenvalue weighted by Crippen LogP contribution is 2.36. The second-order valence-electron chi connectivity index (χ2n) is 8.84. The van der Waals surface area contributed by atoms with Crippen LogP contribution in [0.1, 0.15) is 42.1 Å². The zero-order chi connectivity index (χ0) is 23.3. The maximum atomic E-state index is 14.9. The number of rotatable bonds is 3. The molecule has 0 aliphatic carbocycles. The summed E-state index contributed by atoms with van der Waals surface area (Å²) in [6.45, 7) is 5.37. The van der Waals surface area contributed by atoms with Gasteiger partial charge >= 0.3 is 0 Å². The monoisotopic (exact) mass is 475 g/mol. The summed E-state index contributed by atoms with van der Waals surface area (Å²) in [4.78, 5) is 22.4. The van der Waals surface area contributed by atoms with E-state index < -0.39 is 11.6 Å². The van der Waals surface area contributed by atoms with E-state index in [1.807, 2.05) is 0 Å². The van der Waals surface area contributed by atoms with Crippen molar-refractivity contribution in [1.82, 2.24) is 14.4 Å². The average molecular weight is 476 g/mol. The van der Waals surface area contributed by atoms with Crippen LogP contribution in [0.3, 0.4) is 0 Å². The minimum Gasteiger partial charge on any atom is -0.381 e. The van der Waals surface area contributed by atoms with Crippen molar-refractivity contribution in [3.8, 4) is 11.3 Å². The van der Waals surface area contributed by atoms with Gasteiger partial charge in [0, 0.05) is 48.1 Å². The Balaban J connectivity index is 1.68. The fourth-order valence-corrected chi connectivity index (χ4v) is 4.86. The van der Waals surface area contributed by atoms with Gasteiger partial charge < -0.3 is 9.47 Å². The van der Waals surface area contributed by atoms with Crippen LogP contribution < -0.4 is 5.56 Å². The SMILES string of the molecule is Cc1nc2c(-c3cc(F)c(Cl)cc3F)nc(C3CCOC(C4CCOC4)C3)cn2c(=O)c1C. The first-order valence-corrected chi connectivity index (χ1v) is 11.5. The Morgan fingerprint density at radius 3 is 2.70 bits per heavy atom. The lowest BCUT2D eigenvalue weighted by molar-refractivity contribution is -0.0311. The number of hydrogen-bond acceptors (Lipinski definition) is 5. The number of fused-ring (bicyclic) bond motifs is 1. The number of hydrogen-bond donors (Lipinski definition) is 0. The van der Waals surface area contributed by atoms with Crippen molar-refractivity contribution in [2.45, 2.75) is 45.1 Å². The largest absolute Gasteiger partial charge is 0.381 e. The van der Waals surface area contributed by atoms with Gasteiger partial charge in [0.1, 0.15) is 17.3 Å². The molecule has 3 atom stereocenters. The van der Waals surface area contributed by atoms with Crippen molar-refractivity contribution in [2.75, 3.05) is 19.8 Å². The fraction of sp³-hybridized carbons (Fsp3) is 0.458. The van der Waals surface area contributed by atoms with Crippen molar-refractivity contribution in [2.24, 2.45) is 5.92 Å². The third kappa shape index (κ3) is 4.05. The molecule has 174 valence electrons. The van der Waals surface area contributed by atoms with Crippen LogP contribution in [0.25, 0.3) is 16.9 Å². The molecule has 5 rings (SSSR count). The quantitative estimate of drug-likeness (QED) is 0.518. The van der Waals surface area contributed by atoms with Gasteiger partial charge in [-0.1, -0.05) is 11.6 Å². The van der Waals surface area contributed by atoms with Crippen molar-refractivity contribution in [3.05, 3.63) is 62.3 Å². The molecular weight excluding hydrogens is 452 g/mol. The summed E-state index contributed by atoms with van der Waals surface area (Å²) in [6, 6.07) is 1.93. The number of aromatic nitrogens is 3. The molecule has 6 nitrogen and oxygen atoms in total. The van der Waals surface area contributed by atoms with Crippen LogP contribution in [0, 0.1) is 31.4 Å². The van der Waals surface area contributed by atoms with E-state index in [-0.39, 0.29) is 39.5 Å². The molecule has 0 bridgehead atoms. The van der Waals surface area contributed by atoms with Gasteiger partial charge in [-0.2, -0.15) is 0 Å². The molecule has 0 amide bonds. The lowest BCUT2D eigenvalue weighted by Crippen LogP contribution is -2.32. The van der Waals surface area contributed by atoms with Gasteiger partial charge in [0.2, 0.25) is 0 Å². The van der Waals surface area contributed by atoms with Crippen LogP contribution in [0.4, 0.5) is 8.78 Å². The van der Waals surface area contributed by atoms with E-state index in [2.05, 4.69) is 4.98 Å². The summed E-state index contributed by atoms with van der Waals surface area (Å²) in [5.74, 6) is -1.17. The normalized spacial score (nSPS) is 23.4. The van der Waals surface area contributed by atoms with E-state index in [1.165, 1.54) is 4.40 Å². The molecule has 3 aromatic rings. The Morgan fingerprint density at radius 2 is 1.94 bits per heavy atom. The maximum Gasteiger partial charge on any atom is 0.261 e. The molecule has 0 radical (unpaired) electrons. The molecule has 1 aromatic carbocycles. The molecule has 2 aliphatic rings. The molecule has 9 heteroatoms. The molecule has 0 spiro atoms. The maximum absolute atomic E-state index is 14.9. The van der Waals surface area contributed by atoms with Crippen molar-refractivity contribution in [1.29, 1.82) is 0 Å². The summed E-state index contributed by atoms with van der Waals surface area (Å²) >= 11 is 5.76. The number of halogens is 3. The number of ether oxygens (including phenoxy) is 2. The van der Waals surface area contributed by atoms with Crippen LogP contribution in [0.15, 0.2) is 23.1 Å². The van der Waals surface area contributed by atoms with E-state index >= 15 is 0 Å². The molecule has 0 saturated carbocycles. The third-order valence-electron chi connectivity index (χ3n) is 6.79. The minimum absolute atomic E-state index is 0.00113. The lowest BCUT2D eigenvalue weighted by Gasteiger charge is -2.32. The van der Waals surface area contributed by atoms with Crippen LogP contribution in [0.5, 0.6) is 0 Å². The molecule has 2 aromatic heterocycles. The Hall–Kier alpha value is -2.42. The highest BCUT2D eigenvalue weighted by atomic mass is 35.5. The Labute approximate surface area is 194 Å². The molecule has 4 heterocycles. The standard InChI is InChI=1S/C24H24ClF2N3O3/c1-12-13(2)28-23-22(16-8-19(27)17(25)9-18(16)26)29-20(10-30(23)24(12)31)14-4-6-33-21(7-14)15-3-5-32-11-15/h8-10,14-15,21H,3-7,11H2,1-2H3. The van der Waals surface area contributed by atoms with Gasteiger partial charge in [-0.25, -0.2) is 18.7 Å². The molecule has 33 heavy (non-hydrogen) atoms. The zero-order valence-corrected chi connectivity index (χ0v) is 19.2. The second kappa shape index (κ2) is 8.74. The van der Waals surface area contributed by atoms with Crippen molar-refractivity contribution in [3.63, 3.8) is 0 Å². The fourth-order valence-electron chi connectivity index (χ4n) is 4.71. The van der Waals surface area contributed by atoms with Crippen LogP contribution >= 0.6 is 11.6 Å². The van der Waals surface area contributed by atoms with Crippen molar-refractivity contribution >= 4 is 17.2 Å². The molecule has 2 saturated heterocycles. The Morgan fingerprint density at radius 1 is 1.12 bits per heavy atom. The molecule has 3 unspecified atom stereocenters. The van der Waals surface area contributed by atoms with Crippen LogP contribution in [-0.4, -0.2) is 40.3 Å². The predicted molar refractivity (Wildman–Crippen MR) is 120 cm³/mol. The molecule has 2 aliphatic heterocycles. The van der Waals surface area contributed by atoms with Crippen LogP contribution in [-0.2, 0) is 9.47 Å². The highest BCUT2D eigenvalue weighted by Gasteiger charge is 2.33. The van der Waals surface area contributed by atoms with E-state index in [0.717, 1.165) is 31.6 Å². The third-order valence-corrected chi connectivity index (χ3v) is 7.08. The number of benzene rings is 1. The van der Waals surface area contributed by atoms with E-state index in [0.29, 0.717) is 42.5 Å². The predicted octanol–water partition coefficient (Wildman–Crippen LogP) is 4.60. The Bertz CT molecular complexity index is 1290. The van der Waals surface area contributed by atoms with E-state index in [9.17, 15) is 13.6 Å². The highest BCUT2D eigenvalue weighted by molar-refractivity contribution is 6.30. The topological polar surface area (TPSA) is 65.7 Å². The second-order valence-corrected chi connectivity index (χ2v) is 9.24. The first-order chi connectivity index (χ1) is 15.8. The minimum atomic E-state index is -0.767.